The Labute approximate surface area is 119 Å². The van der Waals surface area contributed by atoms with Crippen LogP contribution in [0.5, 0.6) is 0 Å². The van der Waals surface area contributed by atoms with Gasteiger partial charge in [0.25, 0.3) is 0 Å². The average Bonchev–Trinajstić information content (AvgIpc) is 2.42. The number of carbonyl (C=O) groups excluding carboxylic acids is 2. The van der Waals surface area contributed by atoms with E-state index in [9.17, 15) is 9.59 Å². The molecule has 0 radical (unpaired) electrons. The molecule has 0 fully saturated rings. The molecule has 110 valence electrons. The summed E-state index contributed by atoms with van der Waals surface area (Å²) in [5.74, 6) is -0.0868. The normalized spacial score (nSPS) is 12.2. The molecule has 0 aromatic heterocycles. The molecular formula is C15H23N3O2. The van der Waals surface area contributed by atoms with E-state index in [-0.39, 0.29) is 11.9 Å². The van der Waals surface area contributed by atoms with Gasteiger partial charge in [0.15, 0.2) is 0 Å². The summed E-state index contributed by atoms with van der Waals surface area (Å²) >= 11 is 0. The van der Waals surface area contributed by atoms with Crippen molar-refractivity contribution in [1.82, 2.24) is 10.6 Å². The Morgan fingerprint density at radius 3 is 2.45 bits per heavy atom. The van der Waals surface area contributed by atoms with Gasteiger partial charge in [-0.25, -0.2) is 0 Å². The zero-order valence-electron chi connectivity index (χ0n) is 12.3. The lowest BCUT2D eigenvalue weighted by atomic mass is 10.1. The van der Waals surface area contributed by atoms with Gasteiger partial charge < -0.3 is 16.4 Å². The number of rotatable bonds is 7. The first-order chi connectivity index (χ1) is 9.41. The first-order valence-electron chi connectivity index (χ1n) is 6.80. The summed E-state index contributed by atoms with van der Waals surface area (Å²) in [7, 11) is 0. The summed E-state index contributed by atoms with van der Waals surface area (Å²) in [6, 6.07) is 6.79. The standard InChI is InChI=1S/C15H23N3O2/c1-10(2)8-18-15(20)11(3)17-9-12-6-4-5-7-13(12)14(16)19/h4-7,10-11,17H,8-9H2,1-3H3,(H2,16,19)(H,18,20). The van der Waals surface area contributed by atoms with Crippen LogP contribution in [0.15, 0.2) is 24.3 Å². The van der Waals surface area contributed by atoms with Gasteiger partial charge in [0.2, 0.25) is 11.8 Å². The van der Waals surface area contributed by atoms with E-state index in [1.54, 1.807) is 19.1 Å². The van der Waals surface area contributed by atoms with E-state index >= 15 is 0 Å². The molecule has 1 atom stereocenters. The molecule has 2 amide bonds. The number of nitrogens with one attached hydrogen (secondary N) is 2. The fourth-order valence-corrected chi connectivity index (χ4v) is 1.73. The van der Waals surface area contributed by atoms with Gasteiger partial charge in [0.1, 0.15) is 0 Å². The fraction of sp³-hybridized carbons (Fsp3) is 0.467. The molecule has 1 aromatic rings. The molecule has 5 nitrogen and oxygen atoms in total. The quantitative estimate of drug-likeness (QED) is 0.696. The van der Waals surface area contributed by atoms with Crippen LogP contribution in [-0.2, 0) is 11.3 Å². The lowest BCUT2D eigenvalue weighted by molar-refractivity contribution is -0.122. The number of hydrogen-bond acceptors (Lipinski definition) is 3. The Bertz CT molecular complexity index is 472. The molecule has 0 aliphatic rings. The van der Waals surface area contributed by atoms with Crippen LogP contribution < -0.4 is 16.4 Å². The molecule has 0 bridgehead atoms. The molecule has 0 heterocycles. The second-order valence-electron chi connectivity index (χ2n) is 5.26. The smallest absolute Gasteiger partial charge is 0.249 e. The van der Waals surface area contributed by atoms with Crippen LogP contribution in [0.25, 0.3) is 0 Å². The first kappa shape index (κ1) is 16.2. The van der Waals surface area contributed by atoms with Crippen molar-refractivity contribution in [1.29, 1.82) is 0 Å². The molecule has 0 aliphatic carbocycles. The van der Waals surface area contributed by atoms with Gasteiger partial charge in [-0.1, -0.05) is 32.0 Å². The highest BCUT2D eigenvalue weighted by molar-refractivity contribution is 5.94. The van der Waals surface area contributed by atoms with Crippen molar-refractivity contribution >= 4 is 11.8 Å². The first-order valence-corrected chi connectivity index (χ1v) is 6.80. The van der Waals surface area contributed by atoms with E-state index in [0.717, 1.165) is 5.56 Å². The highest BCUT2D eigenvalue weighted by Crippen LogP contribution is 2.07. The number of amides is 2. The van der Waals surface area contributed by atoms with Crippen molar-refractivity contribution in [2.75, 3.05) is 6.54 Å². The van der Waals surface area contributed by atoms with Gasteiger partial charge in [-0.15, -0.1) is 0 Å². The van der Waals surface area contributed by atoms with Gasteiger partial charge in [0.05, 0.1) is 6.04 Å². The maximum atomic E-state index is 11.8. The maximum absolute atomic E-state index is 11.8. The van der Waals surface area contributed by atoms with Crippen LogP contribution >= 0.6 is 0 Å². The number of benzene rings is 1. The molecule has 0 saturated carbocycles. The van der Waals surface area contributed by atoms with Gasteiger partial charge in [0, 0.05) is 18.7 Å². The minimum absolute atomic E-state index is 0.0461. The SMILES string of the molecule is CC(C)CNC(=O)C(C)NCc1ccccc1C(N)=O. The van der Waals surface area contributed by atoms with Gasteiger partial charge in [-0.3, -0.25) is 9.59 Å². The zero-order valence-corrected chi connectivity index (χ0v) is 12.3. The predicted molar refractivity (Wildman–Crippen MR) is 79.1 cm³/mol. The molecule has 0 saturated heterocycles. The van der Waals surface area contributed by atoms with Crippen LogP contribution in [0.4, 0.5) is 0 Å². The van der Waals surface area contributed by atoms with Crippen LogP contribution in [-0.4, -0.2) is 24.4 Å². The van der Waals surface area contributed by atoms with Crippen molar-refractivity contribution in [2.45, 2.75) is 33.4 Å². The fourth-order valence-electron chi connectivity index (χ4n) is 1.73. The van der Waals surface area contributed by atoms with E-state index in [4.69, 9.17) is 5.73 Å². The lowest BCUT2D eigenvalue weighted by Crippen LogP contribution is -2.43. The molecule has 5 heteroatoms. The van der Waals surface area contributed by atoms with Crippen molar-refractivity contribution in [3.8, 4) is 0 Å². The van der Waals surface area contributed by atoms with Crippen LogP contribution in [0.1, 0.15) is 36.7 Å². The van der Waals surface area contributed by atoms with Crippen LogP contribution in [0.2, 0.25) is 0 Å². The Morgan fingerprint density at radius 1 is 1.20 bits per heavy atom. The van der Waals surface area contributed by atoms with Crippen molar-refractivity contribution in [2.24, 2.45) is 11.7 Å². The van der Waals surface area contributed by atoms with E-state index in [1.807, 2.05) is 26.0 Å². The summed E-state index contributed by atoms with van der Waals surface area (Å²) in [6.07, 6.45) is 0. The molecule has 0 spiro atoms. The molecule has 20 heavy (non-hydrogen) atoms. The van der Waals surface area contributed by atoms with Gasteiger partial charge in [-0.2, -0.15) is 0 Å². The van der Waals surface area contributed by atoms with Crippen molar-refractivity contribution in [3.05, 3.63) is 35.4 Å². The minimum atomic E-state index is -0.459. The summed E-state index contributed by atoms with van der Waals surface area (Å²) in [5, 5.41) is 5.96. The summed E-state index contributed by atoms with van der Waals surface area (Å²) in [6.45, 7) is 6.96. The van der Waals surface area contributed by atoms with Crippen molar-refractivity contribution in [3.63, 3.8) is 0 Å². The third-order valence-corrected chi connectivity index (χ3v) is 2.96. The topological polar surface area (TPSA) is 84.2 Å². The number of nitrogens with two attached hydrogens (primary N) is 1. The van der Waals surface area contributed by atoms with Gasteiger partial charge >= 0.3 is 0 Å². The molecule has 4 N–H and O–H groups in total. The second-order valence-corrected chi connectivity index (χ2v) is 5.26. The van der Waals surface area contributed by atoms with E-state index in [2.05, 4.69) is 10.6 Å². The molecule has 1 rings (SSSR count). The molecule has 0 aliphatic heterocycles. The largest absolute Gasteiger partial charge is 0.366 e. The Kier molecular flexibility index (Phi) is 6.18. The van der Waals surface area contributed by atoms with E-state index in [0.29, 0.717) is 24.6 Å². The van der Waals surface area contributed by atoms with Crippen LogP contribution in [0, 0.1) is 5.92 Å². The van der Waals surface area contributed by atoms with Crippen LogP contribution in [0.3, 0.4) is 0 Å². The Hall–Kier alpha value is -1.88. The Balaban J connectivity index is 2.54. The maximum Gasteiger partial charge on any atom is 0.249 e. The van der Waals surface area contributed by atoms with Crippen molar-refractivity contribution < 1.29 is 9.59 Å². The summed E-state index contributed by atoms with van der Waals surface area (Å²) < 4.78 is 0. The summed E-state index contributed by atoms with van der Waals surface area (Å²) in [4.78, 5) is 23.1. The number of primary amides is 1. The number of hydrogen-bond donors (Lipinski definition) is 3. The molecule has 1 unspecified atom stereocenters. The van der Waals surface area contributed by atoms with Gasteiger partial charge in [-0.05, 0) is 24.5 Å². The molecular weight excluding hydrogens is 254 g/mol. The highest BCUT2D eigenvalue weighted by atomic mass is 16.2. The van der Waals surface area contributed by atoms with E-state index in [1.165, 1.54) is 0 Å². The minimum Gasteiger partial charge on any atom is -0.366 e. The molecule has 1 aromatic carbocycles. The third kappa shape index (κ3) is 5.01. The monoisotopic (exact) mass is 277 g/mol. The average molecular weight is 277 g/mol. The third-order valence-electron chi connectivity index (χ3n) is 2.96. The zero-order chi connectivity index (χ0) is 15.1. The predicted octanol–water partition coefficient (Wildman–Crippen LogP) is 1.04. The van der Waals surface area contributed by atoms with E-state index < -0.39 is 5.91 Å². The highest BCUT2D eigenvalue weighted by Gasteiger charge is 2.13. The Morgan fingerprint density at radius 2 is 1.85 bits per heavy atom. The second kappa shape index (κ2) is 7.65. The summed E-state index contributed by atoms with van der Waals surface area (Å²) in [5.41, 5.74) is 6.59. The number of carbonyl (C=O) groups is 2. The lowest BCUT2D eigenvalue weighted by Gasteiger charge is -2.16.